The zero-order chi connectivity index (χ0) is 18.0. The van der Waals surface area contributed by atoms with Crippen molar-refractivity contribution in [2.75, 3.05) is 0 Å². The van der Waals surface area contributed by atoms with Crippen LogP contribution in [0.4, 0.5) is 0 Å². The predicted molar refractivity (Wildman–Crippen MR) is 116 cm³/mol. The Labute approximate surface area is 171 Å². The Hall–Kier alpha value is -1.80. The van der Waals surface area contributed by atoms with Crippen LogP contribution in [-0.4, -0.2) is 35.8 Å². The zero-order valence-electron chi connectivity index (χ0n) is 14.5. The molecule has 0 aliphatic carbocycles. The SMILES string of the molecule is [Se]c1ccccc1.c1cc[c]([Sn]([c]2ccccc2)[c]2ccccc2)cc1. The molecule has 126 valence electrons. The van der Waals surface area contributed by atoms with Crippen LogP contribution in [0.5, 0.6) is 0 Å². The predicted octanol–water partition coefficient (Wildman–Crippen LogP) is 2.68. The molecule has 0 aromatic heterocycles. The summed E-state index contributed by atoms with van der Waals surface area (Å²) in [5, 5.41) is 0. The second-order valence-corrected chi connectivity index (χ2v) is 13.9. The molecule has 26 heavy (non-hydrogen) atoms. The van der Waals surface area contributed by atoms with Crippen LogP contribution in [-0.2, 0) is 0 Å². The van der Waals surface area contributed by atoms with Crippen LogP contribution < -0.4 is 15.2 Å². The Balaban J connectivity index is 0.000000236. The third-order valence-corrected chi connectivity index (χ3v) is 12.3. The standard InChI is InChI=1S/C6H5Se.3C6H5.Sn/c7-6-4-2-1-3-5-6;3*1-2-4-6-5-3-1;/h1-5H;3*1-5H;. The van der Waals surface area contributed by atoms with Crippen molar-refractivity contribution in [2.24, 2.45) is 0 Å². The normalized spacial score (nSPS) is 10.0. The van der Waals surface area contributed by atoms with Gasteiger partial charge >= 0.3 is 172 Å². The van der Waals surface area contributed by atoms with E-state index in [2.05, 4.69) is 107 Å². The first-order chi connectivity index (χ1) is 12.8. The van der Waals surface area contributed by atoms with Crippen LogP contribution in [0.3, 0.4) is 0 Å². The molecule has 0 N–H and O–H groups in total. The summed E-state index contributed by atoms with van der Waals surface area (Å²) >= 11 is 0.920. The first-order valence-corrected chi connectivity index (χ1v) is 13.7. The molecular formula is C24H20SeSn. The molecule has 4 rings (SSSR count). The van der Waals surface area contributed by atoms with E-state index in [1.165, 1.54) is 15.2 Å². The van der Waals surface area contributed by atoms with Crippen LogP contribution in [0.2, 0.25) is 0 Å². The molecule has 0 nitrogen and oxygen atoms in total. The van der Waals surface area contributed by atoms with Gasteiger partial charge in [-0.1, -0.05) is 0 Å². The van der Waals surface area contributed by atoms with Crippen LogP contribution >= 0.6 is 0 Å². The average Bonchev–Trinajstić information content (AvgIpc) is 2.72. The first-order valence-electron chi connectivity index (χ1n) is 8.60. The molecule has 0 heterocycles. The summed E-state index contributed by atoms with van der Waals surface area (Å²) in [6.45, 7) is 0. The summed E-state index contributed by atoms with van der Waals surface area (Å²) in [4.78, 5) is 0. The van der Waals surface area contributed by atoms with Gasteiger partial charge in [0.2, 0.25) is 0 Å². The van der Waals surface area contributed by atoms with Crippen molar-refractivity contribution in [1.82, 2.24) is 0 Å². The van der Waals surface area contributed by atoms with Gasteiger partial charge in [0.1, 0.15) is 0 Å². The average molecular weight is 506 g/mol. The number of hydrogen-bond donors (Lipinski definition) is 0. The van der Waals surface area contributed by atoms with E-state index >= 15 is 0 Å². The van der Waals surface area contributed by atoms with Gasteiger partial charge in [0.15, 0.2) is 0 Å². The molecule has 0 saturated heterocycles. The third-order valence-electron chi connectivity index (χ3n) is 3.93. The van der Waals surface area contributed by atoms with E-state index in [9.17, 15) is 0 Å². The maximum atomic E-state index is 2.90. The number of benzene rings is 4. The first kappa shape index (κ1) is 19.0. The maximum absolute atomic E-state index is 2.90. The molecule has 0 amide bonds. The van der Waals surface area contributed by atoms with Crippen LogP contribution in [0, 0.1) is 0 Å². The molecule has 0 unspecified atom stereocenters. The van der Waals surface area contributed by atoms with Crippen molar-refractivity contribution in [1.29, 1.82) is 0 Å². The summed E-state index contributed by atoms with van der Waals surface area (Å²) in [7, 11) is 0. The van der Waals surface area contributed by atoms with E-state index in [0.29, 0.717) is 0 Å². The summed E-state index contributed by atoms with van der Waals surface area (Å²) in [5.41, 5.74) is 0. The number of hydrogen-bond acceptors (Lipinski definition) is 0. The molecule has 0 bridgehead atoms. The Bertz CT molecular complexity index is 784. The Kier molecular flexibility index (Phi) is 7.57. The van der Waals surface area contributed by atoms with E-state index < -0.39 is 19.8 Å². The van der Waals surface area contributed by atoms with Gasteiger partial charge in [-0.3, -0.25) is 0 Å². The monoisotopic (exact) mass is 508 g/mol. The zero-order valence-corrected chi connectivity index (χ0v) is 19.0. The Morgan fingerprint density at radius 1 is 0.385 bits per heavy atom. The Morgan fingerprint density at radius 3 is 0.885 bits per heavy atom. The molecule has 2 radical (unpaired) electrons. The third kappa shape index (κ3) is 5.60. The summed E-state index contributed by atoms with van der Waals surface area (Å²) in [6.07, 6.45) is 0. The molecule has 0 saturated carbocycles. The fraction of sp³-hybridized carbons (Fsp3) is 0. The van der Waals surface area contributed by atoms with E-state index in [4.69, 9.17) is 0 Å². The van der Waals surface area contributed by atoms with Gasteiger partial charge in [0.25, 0.3) is 0 Å². The minimum atomic E-state index is -1.98. The Morgan fingerprint density at radius 2 is 0.654 bits per heavy atom. The van der Waals surface area contributed by atoms with Crippen molar-refractivity contribution < 1.29 is 0 Å². The van der Waals surface area contributed by atoms with Gasteiger partial charge in [-0.15, -0.1) is 0 Å². The molecule has 0 spiro atoms. The van der Waals surface area contributed by atoms with Crippen molar-refractivity contribution in [2.45, 2.75) is 0 Å². The van der Waals surface area contributed by atoms with E-state index in [1.54, 1.807) is 0 Å². The molecule has 0 aliphatic heterocycles. The van der Waals surface area contributed by atoms with Crippen molar-refractivity contribution in [3.8, 4) is 0 Å². The van der Waals surface area contributed by atoms with Gasteiger partial charge in [0.05, 0.1) is 0 Å². The molecule has 0 aliphatic rings. The van der Waals surface area contributed by atoms with Gasteiger partial charge in [-0.05, 0) is 0 Å². The second kappa shape index (κ2) is 10.4. The molecule has 4 aromatic rings. The van der Waals surface area contributed by atoms with E-state index in [-0.39, 0.29) is 0 Å². The van der Waals surface area contributed by atoms with Gasteiger partial charge in [0, 0.05) is 0 Å². The van der Waals surface area contributed by atoms with Crippen LogP contribution in [0.15, 0.2) is 121 Å². The number of rotatable bonds is 3. The van der Waals surface area contributed by atoms with Crippen molar-refractivity contribution in [3.05, 3.63) is 121 Å². The van der Waals surface area contributed by atoms with Gasteiger partial charge in [-0.25, -0.2) is 0 Å². The molecule has 0 atom stereocenters. The molecule has 4 aromatic carbocycles. The van der Waals surface area contributed by atoms with E-state index in [1.807, 2.05) is 30.3 Å². The van der Waals surface area contributed by atoms with Gasteiger partial charge in [-0.2, -0.15) is 0 Å². The summed E-state index contributed by atoms with van der Waals surface area (Å²) < 4.78 is 5.79. The molecular weight excluding hydrogens is 486 g/mol. The topological polar surface area (TPSA) is 0 Å². The summed E-state index contributed by atoms with van der Waals surface area (Å²) in [6, 6.07) is 43.0. The van der Waals surface area contributed by atoms with Crippen molar-refractivity contribution >= 4 is 51.0 Å². The minimum absolute atomic E-state index is 1.20. The fourth-order valence-corrected chi connectivity index (χ4v) is 10.4. The van der Waals surface area contributed by atoms with Crippen LogP contribution in [0.1, 0.15) is 0 Å². The fourth-order valence-electron chi connectivity index (χ4n) is 2.73. The van der Waals surface area contributed by atoms with Gasteiger partial charge < -0.3 is 0 Å². The summed E-state index contributed by atoms with van der Waals surface area (Å²) in [5.74, 6) is 0. The van der Waals surface area contributed by atoms with Crippen molar-refractivity contribution in [3.63, 3.8) is 0 Å². The molecule has 0 fully saturated rings. The van der Waals surface area contributed by atoms with E-state index in [0.717, 1.165) is 0 Å². The molecule has 2 heteroatoms. The quantitative estimate of drug-likeness (QED) is 0.376. The second-order valence-electron chi connectivity index (χ2n) is 5.79. The van der Waals surface area contributed by atoms with Crippen LogP contribution in [0.25, 0.3) is 0 Å².